The third-order valence-electron chi connectivity index (χ3n) is 2.82. The Morgan fingerprint density at radius 1 is 1.00 bits per heavy atom. The fourth-order valence-corrected chi connectivity index (χ4v) is 2.03. The van der Waals surface area contributed by atoms with Crippen LogP contribution in [0.1, 0.15) is 21.5 Å². The summed E-state index contributed by atoms with van der Waals surface area (Å²) in [4.78, 5) is 10.9. The van der Waals surface area contributed by atoms with E-state index in [2.05, 4.69) is 0 Å². The molecule has 0 radical (unpaired) electrons. The third kappa shape index (κ3) is 1.31. The molecule has 0 aliphatic carbocycles. The van der Waals surface area contributed by atoms with E-state index < -0.39 is 0 Å². The third-order valence-corrected chi connectivity index (χ3v) is 2.82. The second-order valence-electron chi connectivity index (χ2n) is 3.84. The standard InChI is InChI=1S/C14H10O2/c15-9-12-6-3-5-11-8-10-4-1-2-7-13(10)16-14(11)12/h1-7,9H,8H2. The summed E-state index contributed by atoms with van der Waals surface area (Å²) in [7, 11) is 0. The lowest BCUT2D eigenvalue weighted by molar-refractivity contribution is 0.112. The maximum Gasteiger partial charge on any atom is 0.153 e. The van der Waals surface area contributed by atoms with Gasteiger partial charge in [-0.15, -0.1) is 0 Å². The van der Waals surface area contributed by atoms with Gasteiger partial charge in [-0.05, 0) is 17.7 Å². The fourth-order valence-electron chi connectivity index (χ4n) is 2.03. The number of carbonyl (C=O) groups is 1. The van der Waals surface area contributed by atoms with Crippen LogP contribution in [-0.2, 0) is 6.42 Å². The van der Waals surface area contributed by atoms with Crippen molar-refractivity contribution in [2.75, 3.05) is 0 Å². The number of ether oxygens (including phenoxy) is 1. The Kier molecular flexibility index (Phi) is 2.00. The molecule has 3 rings (SSSR count). The van der Waals surface area contributed by atoms with Crippen molar-refractivity contribution in [3.8, 4) is 11.5 Å². The number of fused-ring (bicyclic) bond motifs is 2. The van der Waals surface area contributed by atoms with Gasteiger partial charge in [0.1, 0.15) is 11.5 Å². The number of benzene rings is 2. The van der Waals surface area contributed by atoms with Crippen LogP contribution in [0.3, 0.4) is 0 Å². The second-order valence-corrected chi connectivity index (χ2v) is 3.84. The smallest absolute Gasteiger partial charge is 0.153 e. The highest BCUT2D eigenvalue weighted by Crippen LogP contribution is 2.37. The second kappa shape index (κ2) is 3.49. The quantitative estimate of drug-likeness (QED) is 0.576. The van der Waals surface area contributed by atoms with Crippen LogP contribution < -0.4 is 4.74 Å². The number of hydrogen-bond donors (Lipinski definition) is 0. The topological polar surface area (TPSA) is 26.3 Å². The zero-order valence-electron chi connectivity index (χ0n) is 8.64. The van der Waals surface area contributed by atoms with Gasteiger partial charge in [-0.25, -0.2) is 0 Å². The van der Waals surface area contributed by atoms with Crippen molar-refractivity contribution in [3.63, 3.8) is 0 Å². The molecule has 2 nitrogen and oxygen atoms in total. The van der Waals surface area contributed by atoms with Crippen LogP contribution in [-0.4, -0.2) is 6.29 Å². The SMILES string of the molecule is O=Cc1cccc2c1Oc1ccccc1C2. The minimum absolute atomic E-state index is 0.618. The lowest BCUT2D eigenvalue weighted by Crippen LogP contribution is -2.04. The summed E-state index contributed by atoms with van der Waals surface area (Å²) < 4.78 is 5.77. The average Bonchev–Trinajstić information content (AvgIpc) is 2.35. The summed E-state index contributed by atoms with van der Waals surface area (Å²) in [6, 6.07) is 13.6. The largest absolute Gasteiger partial charge is 0.456 e. The number of para-hydroxylation sites is 2. The van der Waals surface area contributed by atoms with Crippen molar-refractivity contribution in [3.05, 3.63) is 59.2 Å². The highest BCUT2D eigenvalue weighted by Gasteiger charge is 2.18. The monoisotopic (exact) mass is 210 g/mol. The van der Waals surface area contributed by atoms with Gasteiger partial charge in [-0.3, -0.25) is 4.79 Å². The zero-order chi connectivity index (χ0) is 11.0. The van der Waals surface area contributed by atoms with Gasteiger partial charge in [-0.1, -0.05) is 30.3 Å². The van der Waals surface area contributed by atoms with Gasteiger partial charge < -0.3 is 4.74 Å². The van der Waals surface area contributed by atoms with Crippen LogP contribution in [0.15, 0.2) is 42.5 Å². The minimum atomic E-state index is 0.618. The van der Waals surface area contributed by atoms with E-state index in [0.717, 1.165) is 29.6 Å². The van der Waals surface area contributed by atoms with Gasteiger partial charge in [0.05, 0.1) is 5.56 Å². The molecule has 78 valence electrons. The molecule has 0 N–H and O–H groups in total. The van der Waals surface area contributed by atoms with Gasteiger partial charge in [-0.2, -0.15) is 0 Å². The molecule has 0 spiro atoms. The van der Waals surface area contributed by atoms with Crippen LogP contribution in [0.2, 0.25) is 0 Å². The molecule has 0 unspecified atom stereocenters. The highest BCUT2D eigenvalue weighted by molar-refractivity contribution is 5.81. The van der Waals surface area contributed by atoms with Crippen LogP contribution >= 0.6 is 0 Å². The molecule has 1 aliphatic heterocycles. The zero-order valence-corrected chi connectivity index (χ0v) is 8.64. The average molecular weight is 210 g/mol. The number of hydrogen-bond acceptors (Lipinski definition) is 2. The van der Waals surface area contributed by atoms with Crippen molar-refractivity contribution in [1.29, 1.82) is 0 Å². The first-order valence-electron chi connectivity index (χ1n) is 5.21. The minimum Gasteiger partial charge on any atom is -0.456 e. The molecule has 1 aliphatic rings. The van der Waals surface area contributed by atoms with E-state index in [4.69, 9.17) is 4.74 Å². The molecule has 16 heavy (non-hydrogen) atoms. The molecule has 0 saturated carbocycles. The summed E-state index contributed by atoms with van der Waals surface area (Å²) >= 11 is 0. The normalized spacial score (nSPS) is 12.2. The van der Waals surface area contributed by atoms with E-state index in [1.807, 2.05) is 36.4 Å². The van der Waals surface area contributed by atoms with Crippen molar-refractivity contribution in [1.82, 2.24) is 0 Å². The molecule has 0 bridgehead atoms. The lowest BCUT2D eigenvalue weighted by Gasteiger charge is -2.20. The van der Waals surface area contributed by atoms with E-state index in [0.29, 0.717) is 11.3 Å². The predicted molar refractivity (Wildman–Crippen MR) is 61.2 cm³/mol. The molecule has 2 aromatic rings. The molecule has 2 heteroatoms. The fraction of sp³-hybridized carbons (Fsp3) is 0.0714. The van der Waals surface area contributed by atoms with Crippen LogP contribution in [0.4, 0.5) is 0 Å². The Labute approximate surface area is 93.5 Å². The van der Waals surface area contributed by atoms with E-state index in [1.165, 1.54) is 0 Å². The molecule has 0 saturated heterocycles. The summed E-state index contributed by atoms with van der Waals surface area (Å²) in [5.41, 5.74) is 2.85. The Hall–Kier alpha value is -2.09. The lowest BCUT2D eigenvalue weighted by atomic mass is 9.98. The Balaban J connectivity index is 2.15. The van der Waals surface area contributed by atoms with Gasteiger partial charge in [0.25, 0.3) is 0 Å². The summed E-state index contributed by atoms with van der Waals surface area (Å²) in [5.74, 6) is 1.56. The first kappa shape index (κ1) is 9.16. The van der Waals surface area contributed by atoms with Gasteiger partial charge >= 0.3 is 0 Å². The van der Waals surface area contributed by atoms with Gasteiger partial charge in [0.2, 0.25) is 0 Å². The predicted octanol–water partition coefficient (Wildman–Crippen LogP) is 3.20. The van der Waals surface area contributed by atoms with Gasteiger partial charge in [0, 0.05) is 12.0 Å². The van der Waals surface area contributed by atoms with Crippen molar-refractivity contribution < 1.29 is 9.53 Å². The molecule has 0 atom stereocenters. The Morgan fingerprint density at radius 3 is 2.69 bits per heavy atom. The van der Waals surface area contributed by atoms with Crippen molar-refractivity contribution >= 4 is 6.29 Å². The Bertz CT molecular complexity index is 558. The first-order valence-corrected chi connectivity index (χ1v) is 5.21. The number of aldehydes is 1. The van der Waals surface area contributed by atoms with Gasteiger partial charge in [0.15, 0.2) is 6.29 Å². The van der Waals surface area contributed by atoms with Crippen LogP contribution in [0.25, 0.3) is 0 Å². The molecule has 0 amide bonds. The highest BCUT2D eigenvalue weighted by atomic mass is 16.5. The maximum atomic E-state index is 10.9. The van der Waals surface area contributed by atoms with E-state index >= 15 is 0 Å². The van der Waals surface area contributed by atoms with Crippen molar-refractivity contribution in [2.45, 2.75) is 6.42 Å². The molecule has 2 aromatic carbocycles. The van der Waals surface area contributed by atoms with Crippen LogP contribution in [0.5, 0.6) is 11.5 Å². The first-order chi connectivity index (χ1) is 7.88. The molecule has 0 fully saturated rings. The maximum absolute atomic E-state index is 10.9. The van der Waals surface area contributed by atoms with Crippen molar-refractivity contribution in [2.24, 2.45) is 0 Å². The molecular weight excluding hydrogens is 200 g/mol. The molecule has 0 aromatic heterocycles. The molecular formula is C14H10O2. The molecule has 1 heterocycles. The summed E-state index contributed by atoms with van der Waals surface area (Å²) in [6.45, 7) is 0. The van der Waals surface area contributed by atoms with E-state index in [1.54, 1.807) is 6.07 Å². The van der Waals surface area contributed by atoms with E-state index in [9.17, 15) is 4.79 Å². The number of rotatable bonds is 1. The van der Waals surface area contributed by atoms with Crippen LogP contribution in [0, 0.1) is 0 Å². The Morgan fingerprint density at radius 2 is 1.81 bits per heavy atom. The summed E-state index contributed by atoms with van der Waals surface area (Å²) in [6.07, 6.45) is 1.67. The number of carbonyl (C=O) groups excluding carboxylic acids is 1. The van der Waals surface area contributed by atoms with E-state index in [-0.39, 0.29) is 0 Å². The summed E-state index contributed by atoms with van der Waals surface area (Å²) in [5, 5.41) is 0.